The van der Waals surface area contributed by atoms with Crippen LogP contribution in [-0.4, -0.2) is 30.5 Å². The van der Waals surface area contributed by atoms with Crippen molar-refractivity contribution in [1.29, 1.82) is 0 Å². The molecule has 3 aromatic carbocycles. The van der Waals surface area contributed by atoms with E-state index in [2.05, 4.69) is 0 Å². The Morgan fingerprint density at radius 1 is 0.833 bits per heavy atom. The molecule has 1 N–H and O–H groups in total. The molecule has 2 atom stereocenters. The normalized spacial score (nSPS) is 20.3. The molecule has 1 aliphatic rings. The smallest absolute Gasteiger partial charge is 0.243 e. The Labute approximate surface area is 179 Å². The summed E-state index contributed by atoms with van der Waals surface area (Å²) in [6.45, 7) is 0.643. The molecule has 0 bridgehead atoms. The van der Waals surface area contributed by atoms with Crippen molar-refractivity contribution in [1.82, 2.24) is 4.31 Å². The minimum atomic E-state index is -3.70. The fraction of sp³-hybridized carbons (Fsp3) is 0.360. The van der Waals surface area contributed by atoms with Crippen molar-refractivity contribution < 1.29 is 13.5 Å². The van der Waals surface area contributed by atoms with Crippen LogP contribution in [0.15, 0.2) is 77.7 Å². The molecule has 0 radical (unpaired) electrons. The Balaban J connectivity index is 1.68. The van der Waals surface area contributed by atoms with E-state index >= 15 is 0 Å². The van der Waals surface area contributed by atoms with E-state index in [0.29, 0.717) is 18.0 Å². The Kier molecular flexibility index (Phi) is 6.52. The van der Waals surface area contributed by atoms with Gasteiger partial charge in [-0.25, -0.2) is 8.42 Å². The highest BCUT2D eigenvalue weighted by molar-refractivity contribution is 7.89. The SMILES string of the molecule is O=S(=O)(c1ccc2ccccc2c1)N(Cc1ccccc1)CC1CCCCCC1O. The Hall–Kier alpha value is -2.21. The summed E-state index contributed by atoms with van der Waals surface area (Å²) in [7, 11) is -3.70. The van der Waals surface area contributed by atoms with Gasteiger partial charge in [0, 0.05) is 13.1 Å². The fourth-order valence-corrected chi connectivity index (χ4v) is 5.87. The van der Waals surface area contributed by atoms with Crippen molar-refractivity contribution in [2.24, 2.45) is 5.92 Å². The van der Waals surface area contributed by atoms with Crippen molar-refractivity contribution in [3.05, 3.63) is 78.4 Å². The maximum atomic E-state index is 13.7. The summed E-state index contributed by atoms with van der Waals surface area (Å²) < 4.78 is 28.9. The van der Waals surface area contributed by atoms with Crippen molar-refractivity contribution in [2.45, 2.75) is 49.6 Å². The second-order valence-corrected chi connectivity index (χ2v) is 10.2. The van der Waals surface area contributed by atoms with Gasteiger partial charge in [0.2, 0.25) is 10.0 Å². The highest BCUT2D eigenvalue weighted by atomic mass is 32.2. The van der Waals surface area contributed by atoms with E-state index in [1.165, 1.54) is 0 Å². The van der Waals surface area contributed by atoms with E-state index in [1.54, 1.807) is 16.4 Å². The monoisotopic (exact) mass is 423 g/mol. The lowest BCUT2D eigenvalue weighted by Crippen LogP contribution is -2.38. The van der Waals surface area contributed by atoms with Crippen LogP contribution >= 0.6 is 0 Å². The molecule has 0 heterocycles. The van der Waals surface area contributed by atoms with Crippen LogP contribution in [0.25, 0.3) is 10.8 Å². The lowest BCUT2D eigenvalue weighted by Gasteiger charge is -2.29. The second kappa shape index (κ2) is 9.29. The van der Waals surface area contributed by atoms with E-state index in [4.69, 9.17) is 0 Å². The summed E-state index contributed by atoms with van der Waals surface area (Å²) in [4.78, 5) is 0.306. The molecule has 0 aromatic heterocycles. The molecule has 2 unspecified atom stereocenters. The topological polar surface area (TPSA) is 57.6 Å². The summed E-state index contributed by atoms with van der Waals surface area (Å²) in [6.07, 6.45) is 4.31. The maximum absolute atomic E-state index is 13.7. The first-order chi connectivity index (χ1) is 14.5. The molecule has 1 saturated carbocycles. The average molecular weight is 424 g/mol. The van der Waals surface area contributed by atoms with Gasteiger partial charge in [0.15, 0.2) is 0 Å². The number of aliphatic hydroxyl groups excluding tert-OH is 1. The van der Waals surface area contributed by atoms with Crippen molar-refractivity contribution in [3.8, 4) is 0 Å². The predicted octanol–water partition coefficient (Wildman–Crippen LogP) is 4.97. The fourth-order valence-electron chi connectivity index (χ4n) is 4.35. The standard InChI is InChI=1S/C25H29NO3S/c27-25-14-6-2-5-13-23(25)19-26(18-20-9-3-1-4-10-20)30(28,29)24-16-15-21-11-7-8-12-22(21)17-24/h1,3-4,7-12,15-17,23,25,27H,2,5-6,13-14,18-19H2. The van der Waals surface area contributed by atoms with E-state index in [1.807, 2.05) is 60.7 Å². The van der Waals surface area contributed by atoms with Crippen molar-refractivity contribution in [3.63, 3.8) is 0 Å². The third-order valence-corrected chi connectivity index (χ3v) is 7.93. The number of fused-ring (bicyclic) bond motifs is 1. The summed E-state index contributed by atoms with van der Waals surface area (Å²) >= 11 is 0. The molecular formula is C25H29NO3S. The first kappa shape index (κ1) is 21.0. The molecule has 0 aliphatic heterocycles. The van der Waals surface area contributed by atoms with Gasteiger partial charge < -0.3 is 5.11 Å². The zero-order chi connectivity index (χ0) is 21.0. The first-order valence-electron chi connectivity index (χ1n) is 10.7. The van der Waals surface area contributed by atoms with Crippen LogP contribution in [0.5, 0.6) is 0 Å². The number of sulfonamides is 1. The summed E-state index contributed by atoms with van der Waals surface area (Å²) in [5.41, 5.74) is 0.949. The van der Waals surface area contributed by atoms with E-state index in [9.17, 15) is 13.5 Å². The van der Waals surface area contributed by atoms with Crippen LogP contribution in [-0.2, 0) is 16.6 Å². The van der Waals surface area contributed by atoms with E-state index < -0.39 is 16.1 Å². The number of nitrogens with zero attached hydrogens (tertiary/aromatic N) is 1. The molecule has 0 spiro atoms. The molecular weight excluding hydrogens is 394 g/mol. The molecule has 1 fully saturated rings. The highest BCUT2D eigenvalue weighted by Gasteiger charge is 2.31. The number of rotatable bonds is 6. The van der Waals surface area contributed by atoms with Gasteiger partial charge in [0.1, 0.15) is 0 Å². The minimum absolute atomic E-state index is 0.0357. The Bertz CT molecular complexity index is 1080. The van der Waals surface area contributed by atoms with Gasteiger partial charge in [-0.3, -0.25) is 0 Å². The van der Waals surface area contributed by atoms with Gasteiger partial charge in [0.25, 0.3) is 0 Å². The first-order valence-corrected chi connectivity index (χ1v) is 12.2. The average Bonchev–Trinajstić information content (AvgIpc) is 2.97. The molecule has 0 amide bonds. The molecule has 0 saturated heterocycles. The zero-order valence-electron chi connectivity index (χ0n) is 17.2. The van der Waals surface area contributed by atoms with Gasteiger partial charge >= 0.3 is 0 Å². The second-order valence-electron chi connectivity index (χ2n) is 8.26. The number of benzene rings is 3. The van der Waals surface area contributed by atoms with Gasteiger partial charge in [-0.15, -0.1) is 0 Å². The quantitative estimate of drug-likeness (QED) is 0.570. The summed E-state index contributed by atoms with van der Waals surface area (Å²) in [5.74, 6) is -0.0357. The van der Waals surface area contributed by atoms with Crippen molar-refractivity contribution >= 4 is 20.8 Å². The van der Waals surface area contributed by atoms with Crippen LogP contribution in [0.4, 0.5) is 0 Å². The summed E-state index contributed by atoms with van der Waals surface area (Å²) in [6, 6.07) is 22.8. The third-order valence-electron chi connectivity index (χ3n) is 6.12. The largest absolute Gasteiger partial charge is 0.393 e. The number of hydrogen-bond donors (Lipinski definition) is 1. The molecule has 3 aromatic rings. The van der Waals surface area contributed by atoms with Gasteiger partial charge in [-0.05, 0) is 47.2 Å². The minimum Gasteiger partial charge on any atom is -0.393 e. The maximum Gasteiger partial charge on any atom is 0.243 e. The number of aliphatic hydroxyl groups is 1. The van der Waals surface area contributed by atoms with E-state index in [-0.39, 0.29) is 5.92 Å². The third kappa shape index (κ3) is 4.75. The molecule has 5 heteroatoms. The van der Waals surface area contributed by atoms with Crippen LogP contribution in [0.3, 0.4) is 0 Å². The van der Waals surface area contributed by atoms with Gasteiger partial charge in [-0.1, -0.05) is 79.9 Å². The molecule has 30 heavy (non-hydrogen) atoms. The number of hydrogen-bond acceptors (Lipinski definition) is 3. The lowest BCUT2D eigenvalue weighted by molar-refractivity contribution is 0.0880. The van der Waals surface area contributed by atoms with Crippen molar-refractivity contribution in [2.75, 3.05) is 6.54 Å². The molecule has 1 aliphatic carbocycles. The van der Waals surface area contributed by atoms with Gasteiger partial charge in [-0.2, -0.15) is 4.31 Å². The van der Waals surface area contributed by atoms with Gasteiger partial charge in [0.05, 0.1) is 11.0 Å². The Morgan fingerprint density at radius 2 is 1.53 bits per heavy atom. The van der Waals surface area contributed by atoms with Crippen LogP contribution in [0, 0.1) is 5.92 Å². The van der Waals surface area contributed by atoms with Crippen LogP contribution in [0.1, 0.15) is 37.7 Å². The van der Waals surface area contributed by atoms with Crippen LogP contribution < -0.4 is 0 Å². The molecule has 158 valence electrons. The van der Waals surface area contributed by atoms with Crippen LogP contribution in [0.2, 0.25) is 0 Å². The lowest BCUT2D eigenvalue weighted by atomic mass is 9.97. The highest BCUT2D eigenvalue weighted by Crippen LogP contribution is 2.29. The predicted molar refractivity (Wildman–Crippen MR) is 121 cm³/mol. The van der Waals surface area contributed by atoms with E-state index in [0.717, 1.165) is 48.4 Å². The molecule has 4 nitrogen and oxygen atoms in total. The Morgan fingerprint density at radius 3 is 2.33 bits per heavy atom. The summed E-state index contributed by atoms with van der Waals surface area (Å²) in [5, 5.41) is 12.5. The molecule has 4 rings (SSSR count). The zero-order valence-corrected chi connectivity index (χ0v) is 18.0.